The Morgan fingerprint density at radius 2 is 0.957 bits per heavy atom. The third kappa shape index (κ3) is 4.68. The number of phenolic OH excluding ortho intramolecular Hbond substituents is 2. The Morgan fingerprint density at radius 1 is 0.652 bits per heavy atom. The highest BCUT2D eigenvalue weighted by atomic mass is 32.2. The quantitative estimate of drug-likeness (QED) is 0.744. The van der Waals surface area contributed by atoms with Crippen molar-refractivity contribution in [2.24, 2.45) is 0 Å². The van der Waals surface area contributed by atoms with Crippen LogP contribution in [-0.4, -0.2) is 21.7 Å². The lowest BCUT2D eigenvalue weighted by atomic mass is 10.0. The summed E-state index contributed by atoms with van der Waals surface area (Å²) in [6, 6.07) is 8.32. The van der Waals surface area contributed by atoms with Crippen molar-refractivity contribution in [1.82, 2.24) is 0 Å². The van der Waals surface area contributed by atoms with Gasteiger partial charge in [0, 0.05) is 0 Å². The lowest BCUT2D eigenvalue weighted by molar-refractivity contribution is 0.466. The maximum absolute atomic E-state index is 9.81. The minimum Gasteiger partial charge on any atom is -0.507 e. The molecule has 0 amide bonds. The fraction of sp³-hybridized carbons (Fsp3) is 0.400. The molecule has 2 nitrogen and oxygen atoms in total. The van der Waals surface area contributed by atoms with Crippen LogP contribution in [0.25, 0.3) is 0 Å². The molecule has 0 saturated carbocycles. The van der Waals surface area contributed by atoms with Crippen LogP contribution in [0.15, 0.2) is 24.3 Å². The molecule has 0 bridgehead atoms. The van der Waals surface area contributed by atoms with E-state index in [0.29, 0.717) is 11.5 Å². The molecule has 0 atom stereocenters. The minimum atomic E-state index is 0.416. The van der Waals surface area contributed by atoms with E-state index in [1.165, 1.54) is 11.1 Å². The molecule has 2 aromatic carbocycles. The predicted molar refractivity (Wildman–Crippen MR) is 99.9 cm³/mol. The smallest absolute Gasteiger partial charge is 0.121 e. The molecule has 0 spiro atoms. The summed E-state index contributed by atoms with van der Waals surface area (Å²) in [6.07, 6.45) is 2.06. The molecule has 0 aliphatic heterocycles. The van der Waals surface area contributed by atoms with Crippen molar-refractivity contribution in [3.05, 3.63) is 57.6 Å². The Kier molecular flexibility index (Phi) is 6.00. The van der Waals surface area contributed by atoms with Gasteiger partial charge in [-0.3, -0.25) is 0 Å². The Balaban J connectivity index is 1.80. The van der Waals surface area contributed by atoms with Crippen molar-refractivity contribution >= 4 is 11.8 Å². The molecule has 124 valence electrons. The zero-order chi connectivity index (χ0) is 17.0. The minimum absolute atomic E-state index is 0.416. The van der Waals surface area contributed by atoms with Crippen LogP contribution >= 0.6 is 11.8 Å². The number of phenols is 2. The van der Waals surface area contributed by atoms with Crippen molar-refractivity contribution in [3.63, 3.8) is 0 Å². The maximum atomic E-state index is 9.81. The first kappa shape index (κ1) is 17.7. The molecule has 23 heavy (non-hydrogen) atoms. The number of thioether (sulfide) groups is 1. The second kappa shape index (κ2) is 7.78. The van der Waals surface area contributed by atoms with Gasteiger partial charge in [0.15, 0.2) is 0 Å². The number of aromatic hydroxyl groups is 2. The number of rotatable bonds is 6. The van der Waals surface area contributed by atoms with Crippen LogP contribution in [0.5, 0.6) is 11.5 Å². The van der Waals surface area contributed by atoms with Crippen molar-refractivity contribution in [2.75, 3.05) is 11.5 Å². The molecule has 2 rings (SSSR count). The van der Waals surface area contributed by atoms with E-state index in [9.17, 15) is 10.2 Å². The Morgan fingerprint density at radius 3 is 1.26 bits per heavy atom. The average Bonchev–Trinajstić information content (AvgIpc) is 2.49. The van der Waals surface area contributed by atoms with Crippen molar-refractivity contribution in [1.29, 1.82) is 0 Å². The van der Waals surface area contributed by atoms with Crippen LogP contribution in [0.1, 0.15) is 33.4 Å². The summed E-state index contributed by atoms with van der Waals surface area (Å²) >= 11 is 1.95. The second-order valence-corrected chi connectivity index (χ2v) is 7.49. The van der Waals surface area contributed by atoms with Gasteiger partial charge >= 0.3 is 0 Å². The van der Waals surface area contributed by atoms with E-state index in [1.807, 2.05) is 39.5 Å². The standard InChI is InChI=1S/C20H26O2S/c1-13-9-17(10-14(2)19(13)21)5-7-23-8-6-18-11-15(3)20(22)16(4)12-18/h9-12,21-22H,5-8H2,1-4H3. The lowest BCUT2D eigenvalue weighted by Gasteiger charge is -2.09. The molecule has 0 aromatic heterocycles. The first-order valence-electron chi connectivity index (χ1n) is 8.04. The van der Waals surface area contributed by atoms with Crippen LogP contribution < -0.4 is 0 Å². The summed E-state index contributed by atoms with van der Waals surface area (Å²) in [5.74, 6) is 3.00. The van der Waals surface area contributed by atoms with E-state index in [2.05, 4.69) is 24.3 Å². The van der Waals surface area contributed by atoms with E-state index < -0.39 is 0 Å². The second-order valence-electron chi connectivity index (χ2n) is 6.27. The van der Waals surface area contributed by atoms with Crippen LogP contribution in [0.3, 0.4) is 0 Å². The number of hydrogen-bond acceptors (Lipinski definition) is 3. The summed E-state index contributed by atoms with van der Waals surface area (Å²) < 4.78 is 0. The fourth-order valence-electron chi connectivity index (χ4n) is 2.86. The van der Waals surface area contributed by atoms with Gasteiger partial charge in [-0.15, -0.1) is 0 Å². The van der Waals surface area contributed by atoms with Crippen molar-refractivity contribution in [2.45, 2.75) is 40.5 Å². The normalized spacial score (nSPS) is 11.0. The first-order chi connectivity index (χ1) is 10.9. The Hall–Kier alpha value is -1.61. The van der Waals surface area contributed by atoms with E-state index in [1.54, 1.807) is 0 Å². The SMILES string of the molecule is Cc1cc(CCSCCc2cc(C)c(O)c(C)c2)cc(C)c1O. The molecule has 0 radical (unpaired) electrons. The predicted octanol–water partition coefficient (Wildman–Crippen LogP) is 4.85. The lowest BCUT2D eigenvalue weighted by Crippen LogP contribution is -1.96. The van der Waals surface area contributed by atoms with Crippen LogP contribution in [-0.2, 0) is 12.8 Å². The fourth-order valence-corrected chi connectivity index (χ4v) is 3.83. The molecule has 0 aliphatic rings. The van der Waals surface area contributed by atoms with Crippen LogP contribution in [0.4, 0.5) is 0 Å². The summed E-state index contributed by atoms with van der Waals surface area (Å²) in [5.41, 5.74) is 6.42. The molecule has 0 fully saturated rings. The Labute approximate surface area is 143 Å². The zero-order valence-electron chi connectivity index (χ0n) is 14.4. The van der Waals surface area contributed by atoms with Crippen LogP contribution in [0, 0.1) is 27.7 Å². The molecule has 2 aromatic rings. The van der Waals surface area contributed by atoms with Gasteiger partial charge in [0.05, 0.1) is 0 Å². The summed E-state index contributed by atoms with van der Waals surface area (Å²) in [6.45, 7) is 7.81. The number of aryl methyl sites for hydroxylation is 6. The zero-order valence-corrected chi connectivity index (χ0v) is 15.3. The van der Waals surface area contributed by atoms with E-state index >= 15 is 0 Å². The van der Waals surface area contributed by atoms with Gasteiger partial charge in [-0.1, -0.05) is 24.3 Å². The van der Waals surface area contributed by atoms with Gasteiger partial charge in [0.25, 0.3) is 0 Å². The third-order valence-electron chi connectivity index (χ3n) is 4.17. The topological polar surface area (TPSA) is 40.5 Å². The molecule has 0 saturated heterocycles. The Bertz CT molecular complexity index is 587. The monoisotopic (exact) mass is 330 g/mol. The highest BCUT2D eigenvalue weighted by Gasteiger charge is 2.05. The maximum Gasteiger partial charge on any atom is 0.121 e. The molecular formula is C20H26O2S. The summed E-state index contributed by atoms with van der Waals surface area (Å²) in [7, 11) is 0. The molecule has 2 N–H and O–H groups in total. The molecule has 0 unspecified atom stereocenters. The van der Waals surface area contributed by atoms with Gasteiger partial charge in [0.1, 0.15) is 11.5 Å². The third-order valence-corrected chi connectivity index (χ3v) is 5.16. The van der Waals surface area contributed by atoms with E-state index in [4.69, 9.17) is 0 Å². The van der Waals surface area contributed by atoms with Gasteiger partial charge in [-0.25, -0.2) is 0 Å². The number of benzene rings is 2. The van der Waals surface area contributed by atoms with E-state index in [-0.39, 0.29) is 0 Å². The number of hydrogen-bond donors (Lipinski definition) is 2. The molecule has 3 heteroatoms. The van der Waals surface area contributed by atoms with Gasteiger partial charge < -0.3 is 10.2 Å². The highest BCUT2D eigenvalue weighted by Crippen LogP contribution is 2.25. The molecule has 0 aliphatic carbocycles. The van der Waals surface area contributed by atoms with Gasteiger partial charge in [-0.2, -0.15) is 11.8 Å². The van der Waals surface area contributed by atoms with Crippen LogP contribution in [0.2, 0.25) is 0 Å². The highest BCUT2D eigenvalue weighted by molar-refractivity contribution is 7.99. The van der Waals surface area contributed by atoms with Crippen molar-refractivity contribution < 1.29 is 10.2 Å². The van der Waals surface area contributed by atoms with Gasteiger partial charge in [-0.05, 0) is 85.4 Å². The summed E-state index contributed by atoms with van der Waals surface area (Å²) in [4.78, 5) is 0. The largest absolute Gasteiger partial charge is 0.507 e. The summed E-state index contributed by atoms with van der Waals surface area (Å²) in [5, 5.41) is 19.6. The van der Waals surface area contributed by atoms with Gasteiger partial charge in [0.2, 0.25) is 0 Å². The van der Waals surface area contributed by atoms with Crippen molar-refractivity contribution in [3.8, 4) is 11.5 Å². The molecule has 0 heterocycles. The molecular weight excluding hydrogens is 304 g/mol. The average molecular weight is 330 g/mol. The first-order valence-corrected chi connectivity index (χ1v) is 9.20. The van der Waals surface area contributed by atoms with E-state index in [0.717, 1.165) is 46.6 Å².